The summed E-state index contributed by atoms with van der Waals surface area (Å²) in [6.45, 7) is 2.24. The minimum absolute atomic E-state index is 0.451. The second-order valence-corrected chi connectivity index (χ2v) is 3.86. The average molecular weight is 167 g/mol. The van der Waals surface area contributed by atoms with Gasteiger partial charge in [-0.25, -0.2) is 0 Å². The van der Waals surface area contributed by atoms with Crippen LogP contribution in [0.4, 0.5) is 0 Å². The summed E-state index contributed by atoms with van der Waals surface area (Å²) in [5.74, 6) is 0. The molecule has 1 heteroatoms. The largest absolute Gasteiger partial charge is 0.327 e. The minimum atomic E-state index is 0.451. The van der Waals surface area contributed by atoms with Gasteiger partial charge in [-0.1, -0.05) is 31.4 Å². The molecule has 1 aliphatic rings. The van der Waals surface area contributed by atoms with E-state index >= 15 is 0 Å². The fraction of sp³-hybridized carbons (Fsp3) is 0.818. The smallest absolute Gasteiger partial charge is 0.00761 e. The van der Waals surface area contributed by atoms with Gasteiger partial charge < -0.3 is 5.73 Å². The molecule has 0 radical (unpaired) electrons. The highest BCUT2D eigenvalue weighted by Crippen LogP contribution is 2.22. The maximum Gasteiger partial charge on any atom is 0.00761 e. The summed E-state index contributed by atoms with van der Waals surface area (Å²) >= 11 is 0. The van der Waals surface area contributed by atoms with Crippen LogP contribution < -0.4 is 5.73 Å². The Morgan fingerprint density at radius 1 is 1.58 bits per heavy atom. The Morgan fingerprint density at radius 2 is 2.42 bits per heavy atom. The Balaban J connectivity index is 2.25. The van der Waals surface area contributed by atoms with Crippen molar-refractivity contribution in [3.8, 4) is 0 Å². The molecule has 1 atom stereocenters. The fourth-order valence-corrected chi connectivity index (χ4v) is 1.83. The Bertz CT molecular complexity index is 149. The summed E-state index contributed by atoms with van der Waals surface area (Å²) < 4.78 is 0. The third-order valence-electron chi connectivity index (χ3n) is 2.59. The molecule has 0 aromatic carbocycles. The van der Waals surface area contributed by atoms with Crippen LogP contribution in [0.25, 0.3) is 0 Å². The quantitative estimate of drug-likeness (QED) is 0.507. The number of allylic oxidation sites excluding steroid dienone is 1. The van der Waals surface area contributed by atoms with Gasteiger partial charge in [0.2, 0.25) is 0 Å². The van der Waals surface area contributed by atoms with Gasteiger partial charge in [0.1, 0.15) is 0 Å². The number of unbranched alkanes of at least 4 members (excludes halogenated alkanes) is 2. The van der Waals surface area contributed by atoms with E-state index in [1.165, 1.54) is 38.5 Å². The second kappa shape index (κ2) is 5.36. The Hall–Kier alpha value is -0.300. The number of hydrogen-bond acceptors (Lipinski definition) is 1. The van der Waals surface area contributed by atoms with Gasteiger partial charge in [-0.2, -0.15) is 0 Å². The molecule has 1 unspecified atom stereocenters. The number of hydrogen-bond donors (Lipinski definition) is 1. The molecule has 0 aliphatic heterocycles. The van der Waals surface area contributed by atoms with Gasteiger partial charge in [-0.3, -0.25) is 0 Å². The molecule has 1 fully saturated rings. The highest BCUT2D eigenvalue weighted by Gasteiger charge is 2.11. The van der Waals surface area contributed by atoms with Gasteiger partial charge in [0.25, 0.3) is 0 Å². The monoisotopic (exact) mass is 167 g/mol. The summed E-state index contributed by atoms with van der Waals surface area (Å²) in [4.78, 5) is 0. The Kier molecular flexibility index (Phi) is 4.37. The summed E-state index contributed by atoms with van der Waals surface area (Å²) in [6, 6.07) is 0.451. The zero-order chi connectivity index (χ0) is 8.81. The van der Waals surface area contributed by atoms with Crippen LogP contribution in [0.3, 0.4) is 0 Å². The van der Waals surface area contributed by atoms with Crippen LogP contribution in [-0.4, -0.2) is 6.04 Å². The van der Waals surface area contributed by atoms with Gasteiger partial charge in [0.15, 0.2) is 0 Å². The van der Waals surface area contributed by atoms with Crippen molar-refractivity contribution in [3.63, 3.8) is 0 Å². The van der Waals surface area contributed by atoms with Gasteiger partial charge in [0.05, 0.1) is 0 Å². The summed E-state index contributed by atoms with van der Waals surface area (Å²) in [5, 5.41) is 0. The van der Waals surface area contributed by atoms with Gasteiger partial charge in [-0.15, -0.1) is 0 Å². The molecule has 0 aromatic heterocycles. The number of rotatable bonds is 3. The summed E-state index contributed by atoms with van der Waals surface area (Å²) in [6.07, 6.45) is 11.3. The SMILES string of the molecule is CCCCC=C1CCCC(N)C1. The molecule has 1 saturated carbocycles. The zero-order valence-electron chi connectivity index (χ0n) is 8.18. The molecule has 1 aliphatic carbocycles. The molecule has 70 valence electrons. The molecule has 0 heterocycles. The van der Waals surface area contributed by atoms with E-state index in [0.29, 0.717) is 6.04 Å². The van der Waals surface area contributed by atoms with Crippen molar-refractivity contribution in [1.82, 2.24) is 0 Å². The third kappa shape index (κ3) is 3.40. The lowest BCUT2D eigenvalue weighted by Crippen LogP contribution is -2.23. The maximum atomic E-state index is 5.89. The summed E-state index contributed by atoms with van der Waals surface area (Å²) in [7, 11) is 0. The Labute approximate surface area is 76.0 Å². The lowest BCUT2D eigenvalue weighted by Gasteiger charge is -2.20. The van der Waals surface area contributed by atoms with Crippen molar-refractivity contribution in [1.29, 1.82) is 0 Å². The summed E-state index contributed by atoms with van der Waals surface area (Å²) in [5.41, 5.74) is 7.50. The molecule has 0 amide bonds. The van der Waals surface area contributed by atoms with Crippen molar-refractivity contribution in [2.75, 3.05) is 0 Å². The Morgan fingerprint density at radius 3 is 3.08 bits per heavy atom. The second-order valence-electron chi connectivity index (χ2n) is 3.86. The van der Waals surface area contributed by atoms with Crippen molar-refractivity contribution in [3.05, 3.63) is 11.6 Å². The molecular formula is C11H21N. The van der Waals surface area contributed by atoms with E-state index in [1.807, 2.05) is 0 Å². The first-order valence-electron chi connectivity index (χ1n) is 5.26. The predicted molar refractivity (Wildman–Crippen MR) is 54.1 cm³/mol. The molecule has 1 nitrogen and oxygen atoms in total. The molecule has 0 bridgehead atoms. The topological polar surface area (TPSA) is 26.0 Å². The van der Waals surface area contributed by atoms with E-state index in [9.17, 15) is 0 Å². The van der Waals surface area contributed by atoms with Gasteiger partial charge in [0, 0.05) is 6.04 Å². The average Bonchev–Trinajstić information content (AvgIpc) is 2.05. The first-order chi connectivity index (χ1) is 5.83. The van der Waals surface area contributed by atoms with E-state index in [1.54, 1.807) is 5.57 Å². The highest BCUT2D eigenvalue weighted by atomic mass is 14.6. The van der Waals surface area contributed by atoms with Crippen molar-refractivity contribution in [2.45, 2.75) is 57.9 Å². The molecule has 2 N–H and O–H groups in total. The third-order valence-corrected chi connectivity index (χ3v) is 2.59. The van der Waals surface area contributed by atoms with Crippen molar-refractivity contribution in [2.24, 2.45) is 5.73 Å². The van der Waals surface area contributed by atoms with Gasteiger partial charge >= 0.3 is 0 Å². The molecule has 0 spiro atoms. The van der Waals surface area contributed by atoms with E-state index in [0.717, 1.165) is 6.42 Å². The van der Waals surface area contributed by atoms with Crippen molar-refractivity contribution < 1.29 is 0 Å². The standard InChI is InChI=1S/C11H21N/c1-2-3-4-6-10-7-5-8-11(12)9-10/h6,11H,2-5,7-9,12H2,1H3. The maximum absolute atomic E-state index is 5.89. The predicted octanol–water partition coefficient (Wildman–Crippen LogP) is 3.00. The van der Waals surface area contributed by atoms with Crippen LogP contribution in [0.1, 0.15) is 51.9 Å². The minimum Gasteiger partial charge on any atom is -0.327 e. The first kappa shape index (κ1) is 9.79. The van der Waals surface area contributed by atoms with E-state index in [-0.39, 0.29) is 0 Å². The normalized spacial score (nSPS) is 27.8. The van der Waals surface area contributed by atoms with Crippen molar-refractivity contribution >= 4 is 0 Å². The molecule has 12 heavy (non-hydrogen) atoms. The van der Waals surface area contributed by atoms with Crippen LogP contribution in [-0.2, 0) is 0 Å². The van der Waals surface area contributed by atoms with E-state index < -0.39 is 0 Å². The zero-order valence-corrected chi connectivity index (χ0v) is 8.18. The molecule has 0 aromatic rings. The van der Waals surface area contributed by atoms with Crippen LogP contribution in [0, 0.1) is 0 Å². The molecular weight excluding hydrogens is 146 g/mol. The number of nitrogens with two attached hydrogens (primary N) is 1. The lowest BCUT2D eigenvalue weighted by molar-refractivity contribution is 0.515. The van der Waals surface area contributed by atoms with E-state index in [4.69, 9.17) is 5.73 Å². The van der Waals surface area contributed by atoms with Crippen LogP contribution in [0.15, 0.2) is 11.6 Å². The molecule has 1 rings (SSSR count). The van der Waals surface area contributed by atoms with Crippen LogP contribution >= 0.6 is 0 Å². The van der Waals surface area contributed by atoms with Gasteiger partial charge in [-0.05, 0) is 32.1 Å². The van der Waals surface area contributed by atoms with Crippen LogP contribution in [0.5, 0.6) is 0 Å². The lowest BCUT2D eigenvalue weighted by atomic mass is 9.90. The molecule has 0 saturated heterocycles. The highest BCUT2D eigenvalue weighted by molar-refractivity contribution is 5.06. The first-order valence-corrected chi connectivity index (χ1v) is 5.26. The van der Waals surface area contributed by atoms with Crippen LogP contribution in [0.2, 0.25) is 0 Å². The fourth-order valence-electron chi connectivity index (χ4n) is 1.83. The van der Waals surface area contributed by atoms with E-state index in [2.05, 4.69) is 13.0 Å².